The van der Waals surface area contributed by atoms with E-state index in [1.165, 1.54) is 11.8 Å². The highest BCUT2D eigenvalue weighted by Gasteiger charge is 2.22. The molecule has 0 fully saturated rings. The van der Waals surface area contributed by atoms with Crippen LogP contribution in [0.2, 0.25) is 0 Å². The zero-order chi connectivity index (χ0) is 15.2. The number of carbonyl (C=O) groups is 2. The highest BCUT2D eigenvalue weighted by atomic mass is 32.2. The molecule has 1 heterocycles. The molecular weight excluding hydrogens is 306 g/mol. The van der Waals surface area contributed by atoms with Gasteiger partial charge in [0.15, 0.2) is 0 Å². The number of hydrogen-bond acceptors (Lipinski definition) is 5. The second-order valence-corrected chi connectivity index (χ2v) is 6.94. The van der Waals surface area contributed by atoms with Gasteiger partial charge in [-0.15, -0.1) is 0 Å². The van der Waals surface area contributed by atoms with Gasteiger partial charge in [0, 0.05) is 5.75 Å². The molecule has 2 rings (SSSR count). The van der Waals surface area contributed by atoms with Crippen molar-refractivity contribution >= 4 is 45.4 Å². The van der Waals surface area contributed by atoms with Crippen LogP contribution in [0, 0.1) is 0 Å². The lowest BCUT2D eigenvalue weighted by molar-refractivity contribution is -0.115. The Kier molecular flexibility index (Phi) is 5.69. The number of rotatable bonds is 5. The summed E-state index contributed by atoms with van der Waals surface area (Å²) < 4.78 is 0.959. The zero-order valence-electron chi connectivity index (χ0n) is 11.7. The molecule has 0 aliphatic carbocycles. The van der Waals surface area contributed by atoms with Gasteiger partial charge in [0.05, 0.1) is 23.0 Å². The van der Waals surface area contributed by atoms with Gasteiger partial charge in [0.1, 0.15) is 4.38 Å². The molecule has 1 atom stereocenters. The van der Waals surface area contributed by atoms with Crippen LogP contribution in [-0.4, -0.2) is 33.7 Å². The van der Waals surface area contributed by atoms with Crippen LogP contribution in [-0.2, 0) is 4.79 Å². The molecule has 0 saturated carbocycles. The Morgan fingerprint density at radius 1 is 1.48 bits per heavy atom. The Hall–Kier alpha value is -1.47. The van der Waals surface area contributed by atoms with E-state index in [0.717, 1.165) is 16.7 Å². The number of anilines is 1. The van der Waals surface area contributed by atoms with Gasteiger partial charge in [-0.2, -0.15) is 0 Å². The number of hydrogen-bond donors (Lipinski definition) is 2. The fraction of sp³-hybridized carbons (Fsp3) is 0.357. The number of nitrogens with one attached hydrogen (secondary N) is 1. The van der Waals surface area contributed by atoms with Crippen molar-refractivity contribution in [3.8, 4) is 0 Å². The molecule has 0 radical (unpaired) electrons. The summed E-state index contributed by atoms with van der Waals surface area (Å²) in [5.74, 6) is 0.291. The van der Waals surface area contributed by atoms with E-state index in [4.69, 9.17) is 5.73 Å². The molecule has 1 aromatic carbocycles. The lowest BCUT2D eigenvalue weighted by Gasteiger charge is -2.15. The second-order valence-electron chi connectivity index (χ2n) is 4.41. The molecule has 2 amide bonds. The third-order valence-corrected chi connectivity index (χ3v) is 5.48. The van der Waals surface area contributed by atoms with Gasteiger partial charge in [0.2, 0.25) is 5.91 Å². The molecule has 0 bridgehead atoms. The van der Waals surface area contributed by atoms with E-state index in [-0.39, 0.29) is 11.2 Å². The van der Waals surface area contributed by atoms with Crippen molar-refractivity contribution in [2.45, 2.75) is 18.6 Å². The Balaban J connectivity index is 2.07. The largest absolute Gasteiger partial charge is 0.366 e. The third-order valence-electron chi connectivity index (χ3n) is 2.91. The van der Waals surface area contributed by atoms with Crippen LogP contribution in [0.1, 0.15) is 23.7 Å². The molecule has 1 aliphatic rings. The van der Waals surface area contributed by atoms with E-state index in [0.29, 0.717) is 17.7 Å². The number of carbonyl (C=O) groups excluding carboxylic acids is 2. The normalized spacial score (nSPS) is 15.4. The summed E-state index contributed by atoms with van der Waals surface area (Å²) in [5, 5.41) is 2.57. The van der Waals surface area contributed by atoms with Crippen molar-refractivity contribution < 1.29 is 9.59 Å². The van der Waals surface area contributed by atoms with Crippen molar-refractivity contribution in [3.63, 3.8) is 0 Å². The molecule has 7 heteroatoms. The molecule has 3 N–H and O–H groups in total. The molecular formula is C14H17N3O2S2. The van der Waals surface area contributed by atoms with Crippen LogP contribution < -0.4 is 11.1 Å². The van der Waals surface area contributed by atoms with Crippen molar-refractivity contribution in [2.24, 2.45) is 10.7 Å². The molecule has 0 aromatic heterocycles. The van der Waals surface area contributed by atoms with E-state index < -0.39 is 5.91 Å². The smallest absolute Gasteiger partial charge is 0.250 e. The number of benzene rings is 1. The van der Waals surface area contributed by atoms with Crippen LogP contribution in [0.15, 0.2) is 29.3 Å². The highest BCUT2D eigenvalue weighted by Crippen LogP contribution is 2.28. The van der Waals surface area contributed by atoms with E-state index >= 15 is 0 Å². The predicted octanol–water partition coefficient (Wildman–Crippen LogP) is 2.34. The van der Waals surface area contributed by atoms with Crippen molar-refractivity contribution in [1.29, 1.82) is 0 Å². The van der Waals surface area contributed by atoms with Gasteiger partial charge >= 0.3 is 0 Å². The Morgan fingerprint density at radius 2 is 2.24 bits per heavy atom. The van der Waals surface area contributed by atoms with Crippen LogP contribution >= 0.6 is 23.5 Å². The fourth-order valence-electron chi connectivity index (χ4n) is 1.85. The number of nitrogens with zero attached hydrogens (tertiary/aromatic N) is 1. The first-order chi connectivity index (χ1) is 10.1. The predicted molar refractivity (Wildman–Crippen MR) is 90.0 cm³/mol. The highest BCUT2D eigenvalue weighted by molar-refractivity contribution is 8.39. The lowest BCUT2D eigenvalue weighted by atomic mass is 10.1. The average Bonchev–Trinajstić information content (AvgIpc) is 2.98. The van der Waals surface area contributed by atoms with Gasteiger partial charge < -0.3 is 11.1 Å². The summed E-state index contributed by atoms with van der Waals surface area (Å²) in [4.78, 5) is 28.1. The monoisotopic (exact) mass is 323 g/mol. The summed E-state index contributed by atoms with van der Waals surface area (Å²) in [6.45, 7) is 2.77. The molecule has 112 valence electrons. The Morgan fingerprint density at radius 3 is 2.86 bits per heavy atom. The van der Waals surface area contributed by atoms with E-state index in [1.807, 2.05) is 6.92 Å². The SMILES string of the molecule is CCC(SC1=NCCS1)C(=O)Nc1ccccc1C(N)=O. The summed E-state index contributed by atoms with van der Waals surface area (Å²) >= 11 is 3.16. The Labute approximate surface area is 132 Å². The summed E-state index contributed by atoms with van der Waals surface area (Å²) in [7, 11) is 0. The van der Waals surface area contributed by atoms with Gasteiger partial charge in [-0.05, 0) is 18.6 Å². The van der Waals surface area contributed by atoms with Crippen LogP contribution in [0.3, 0.4) is 0 Å². The summed E-state index contributed by atoms with van der Waals surface area (Å²) in [6.07, 6.45) is 0.689. The number of nitrogens with two attached hydrogens (primary N) is 1. The second kappa shape index (κ2) is 7.51. The maximum Gasteiger partial charge on any atom is 0.250 e. The minimum absolute atomic E-state index is 0.133. The molecule has 21 heavy (non-hydrogen) atoms. The minimum Gasteiger partial charge on any atom is -0.366 e. The number of primary amides is 1. The molecule has 5 nitrogen and oxygen atoms in total. The minimum atomic E-state index is -0.553. The molecule has 1 aliphatic heterocycles. The molecule has 1 unspecified atom stereocenters. The first-order valence-corrected chi connectivity index (χ1v) is 8.52. The third kappa shape index (κ3) is 4.25. The Bertz CT molecular complexity index is 575. The lowest BCUT2D eigenvalue weighted by Crippen LogP contribution is -2.27. The van der Waals surface area contributed by atoms with Gasteiger partial charge in [-0.3, -0.25) is 14.6 Å². The average molecular weight is 323 g/mol. The topological polar surface area (TPSA) is 84.6 Å². The van der Waals surface area contributed by atoms with Crippen LogP contribution in [0.25, 0.3) is 0 Å². The van der Waals surface area contributed by atoms with E-state index in [9.17, 15) is 9.59 Å². The molecule has 0 spiro atoms. The van der Waals surface area contributed by atoms with Gasteiger partial charge in [-0.1, -0.05) is 42.6 Å². The summed E-state index contributed by atoms with van der Waals surface area (Å²) in [6, 6.07) is 6.75. The standard InChI is InChI=1S/C14H17N3O2S2/c1-2-11(21-14-16-7-8-20-14)13(19)17-10-6-4-3-5-9(10)12(15)18/h3-6,11H,2,7-8H2,1H3,(H2,15,18)(H,17,19). The number of thioether (sulfide) groups is 2. The quantitative estimate of drug-likeness (QED) is 0.871. The van der Waals surface area contributed by atoms with Crippen LogP contribution in [0.4, 0.5) is 5.69 Å². The molecule has 0 saturated heterocycles. The number of amides is 2. The van der Waals surface area contributed by atoms with Gasteiger partial charge in [-0.25, -0.2) is 0 Å². The fourth-order valence-corrected chi connectivity index (χ4v) is 4.00. The first kappa shape index (κ1) is 15.9. The number of para-hydroxylation sites is 1. The maximum absolute atomic E-state index is 12.4. The van der Waals surface area contributed by atoms with Gasteiger partial charge in [0.25, 0.3) is 5.91 Å². The van der Waals surface area contributed by atoms with E-state index in [1.54, 1.807) is 36.0 Å². The van der Waals surface area contributed by atoms with Crippen LogP contribution in [0.5, 0.6) is 0 Å². The zero-order valence-corrected chi connectivity index (χ0v) is 13.3. The number of aliphatic imine (C=N–C) groups is 1. The van der Waals surface area contributed by atoms with E-state index in [2.05, 4.69) is 10.3 Å². The van der Waals surface area contributed by atoms with Crippen molar-refractivity contribution in [3.05, 3.63) is 29.8 Å². The molecule has 1 aromatic rings. The first-order valence-electron chi connectivity index (χ1n) is 6.65. The summed E-state index contributed by atoms with van der Waals surface area (Å²) in [5.41, 5.74) is 6.08. The van der Waals surface area contributed by atoms with Crippen molar-refractivity contribution in [2.75, 3.05) is 17.6 Å². The van der Waals surface area contributed by atoms with Crippen molar-refractivity contribution in [1.82, 2.24) is 0 Å². The maximum atomic E-state index is 12.4.